The zero-order valence-corrected chi connectivity index (χ0v) is 13.8. The largest absolute Gasteiger partial charge is 0.493 e. The molecule has 21 heavy (non-hydrogen) atoms. The third kappa shape index (κ3) is 2.69. The molecule has 3 nitrogen and oxygen atoms in total. The monoisotopic (exact) mass is 288 g/mol. The molecule has 0 radical (unpaired) electrons. The molecule has 1 N–H and O–H groups in total. The Balaban J connectivity index is 1.80. The second kappa shape index (κ2) is 5.98. The van der Waals surface area contributed by atoms with Crippen LogP contribution in [0.4, 0.5) is 0 Å². The van der Waals surface area contributed by atoms with Gasteiger partial charge in [0.05, 0.1) is 6.61 Å². The summed E-state index contributed by atoms with van der Waals surface area (Å²) in [5.74, 6) is 1.05. The van der Waals surface area contributed by atoms with E-state index in [2.05, 4.69) is 50.0 Å². The van der Waals surface area contributed by atoms with Gasteiger partial charge in [-0.05, 0) is 56.4 Å². The van der Waals surface area contributed by atoms with Crippen LogP contribution in [0.3, 0.4) is 0 Å². The molecule has 116 valence electrons. The van der Waals surface area contributed by atoms with E-state index in [1.54, 1.807) is 0 Å². The van der Waals surface area contributed by atoms with Crippen LogP contribution in [0.25, 0.3) is 0 Å². The van der Waals surface area contributed by atoms with E-state index in [9.17, 15) is 0 Å². The predicted octanol–water partition coefficient (Wildman–Crippen LogP) is 3.20. The SMILES string of the molecule is CCCOc1ccc([C@H](C)N2C[C@H]3C[C@@H]2CN3)c(C)c1C. The van der Waals surface area contributed by atoms with Gasteiger partial charge >= 0.3 is 0 Å². The average molecular weight is 288 g/mol. The number of fused-ring (bicyclic) bond motifs is 2. The molecule has 2 aliphatic rings. The Hall–Kier alpha value is -1.06. The second-order valence-corrected chi connectivity index (χ2v) is 6.62. The van der Waals surface area contributed by atoms with Crippen LogP contribution in [0.1, 0.15) is 49.4 Å². The lowest BCUT2D eigenvalue weighted by Crippen LogP contribution is -2.44. The van der Waals surface area contributed by atoms with Crippen molar-refractivity contribution in [2.45, 2.75) is 58.7 Å². The molecule has 3 rings (SSSR count). The number of hydrogen-bond donors (Lipinski definition) is 1. The van der Waals surface area contributed by atoms with Crippen molar-refractivity contribution in [1.29, 1.82) is 0 Å². The minimum Gasteiger partial charge on any atom is -0.493 e. The first-order chi connectivity index (χ1) is 10.1. The fourth-order valence-electron chi connectivity index (χ4n) is 3.88. The number of hydrogen-bond acceptors (Lipinski definition) is 3. The lowest BCUT2D eigenvalue weighted by molar-refractivity contribution is 0.170. The number of likely N-dealkylation sites (tertiary alicyclic amines) is 1. The van der Waals surface area contributed by atoms with Crippen LogP contribution in [-0.2, 0) is 0 Å². The molecule has 1 aromatic carbocycles. The van der Waals surface area contributed by atoms with Gasteiger partial charge in [-0.1, -0.05) is 13.0 Å². The van der Waals surface area contributed by atoms with Crippen molar-refractivity contribution in [3.05, 3.63) is 28.8 Å². The molecule has 3 atom stereocenters. The summed E-state index contributed by atoms with van der Waals surface area (Å²) in [6, 6.07) is 6.38. The number of piperazine rings is 1. The number of nitrogens with zero attached hydrogens (tertiary/aromatic N) is 1. The molecule has 2 heterocycles. The predicted molar refractivity (Wildman–Crippen MR) is 87.0 cm³/mol. The Morgan fingerprint density at radius 1 is 1.33 bits per heavy atom. The van der Waals surface area contributed by atoms with Gasteiger partial charge in [0.2, 0.25) is 0 Å². The fraction of sp³-hybridized carbons (Fsp3) is 0.667. The van der Waals surface area contributed by atoms with Crippen molar-refractivity contribution in [2.75, 3.05) is 19.7 Å². The Kier molecular flexibility index (Phi) is 4.23. The summed E-state index contributed by atoms with van der Waals surface area (Å²) in [5.41, 5.74) is 4.16. The first-order valence-corrected chi connectivity index (χ1v) is 8.33. The smallest absolute Gasteiger partial charge is 0.122 e. The van der Waals surface area contributed by atoms with Gasteiger partial charge in [-0.25, -0.2) is 0 Å². The molecule has 0 amide bonds. The molecule has 0 aromatic heterocycles. The Labute approximate surface area is 128 Å². The fourth-order valence-corrected chi connectivity index (χ4v) is 3.88. The molecule has 0 unspecified atom stereocenters. The third-order valence-corrected chi connectivity index (χ3v) is 5.29. The number of ether oxygens (including phenoxy) is 1. The average Bonchev–Trinajstić information content (AvgIpc) is 3.11. The summed E-state index contributed by atoms with van der Waals surface area (Å²) in [6.07, 6.45) is 2.38. The molecule has 0 saturated carbocycles. The van der Waals surface area contributed by atoms with Crippen LogP contribution in [0.15, 0.2) is 12.1 Å². The van der Waals surface area contributed by atoms with E-state index in [0.717, 1.165) is 31.4 Å². The van der Waals surface area contributed by atoms with Crippen molar-refractivity contribution in [1.82, 2.24) is 10.2 Å². The van der Waals surface area contributed by atoms with Gasteiger partial charge in [0, 0.05) is 31.2 Å². The Bertz CT molecular complexity index is 514. The maximum Gasteiger partial charge on any atom is 0.122 e. The van der Waals surface area contributed by atoms with Gasteiger partial charge in [-0.3, -0.25) is 4.90 Å². The van der Waals surface area contributed by atoms with Crippen molar-refractivity contribution in [2.24, 2.45) is 0 Å². The molecule has 3 heteroatoms. The van der Waals surface area contributed by atoms with E-state index in [0.29, 0.717) is 12.1 Å². The molecule has 0 aliphatic carbocycles. The van der Waals surface area contributed by atoms with Gasteiger partial charge < -0.3 is 10.1 Å². The van der Waals surface area contributed by atoms with Crippen LogP contribution in [0.2, 0.25) is 0 Å². The van der Waals surface area contributed by atoms with E-state index in [1.807, 2.05) is 0 Å². The van der Waals surface area contributed by atoms with Gasteiger partial charge in [0.1, 0.15) is 5.75 Å². The van der Waals surface area contributed by atoms with E-state index in [1.165, 1.54) is 29.7 Å². The summed E-state index contributed by atoms with van der Waals surface area (Å²) >= 11 is 0. The number of nitrogens with one attached hydrogen (secondary N) is 1. The van der Waals surface area contributed by atoms with Gasteiger partial charge in [0.25, 0.3) is 0 Å². The molecular formula is C18H28N2O. The summed E-state index contributed by atoms with van der Waals surface area (Å²) in [5, 5.41) is 3.59. The van der Waals surface area contributed by atoms with E-state index < -0.39 is 0 Å². The van der Waals surface area contributed by atoms with Crippen LogP contribution < -0.4 is 10.1 Å². The Morgan fingerprint density at radius 3 is 2.76 bits per heavy atom. The van der Waals surface area contributed by atoms with Crippen molar-refractivity contribution < 1.29 is 4.74 Å². The second-order valence-electron chi connectivity index (χ2n) is 6.62. The van der Waals surface area contributed by atoms with Crippen LogP contribution in [0.5, 0.6) is 5.75 Å². The molecule has 2 aliphatic heterocycles. The summed E-state index contributed by atoms with van der Waals surface area (Å²) in [4.78, 5) is 2.68. The maximum atomic E-state index is 5.85. The summed E-state index contributed by atoms with van der Waals surface area (Å²) < 4.78 is 5.85. The molecular weight excluding hydrogens is 260 g/mol. The van der Waals surface area contributed by atoms with Crippen LogP contribution in [-0.4, -0.2) is 36.7 Å². The molecule has 2 saturated heterocycles. The van der Waals surface area contributed by atoms with Crippen molar-refractivity contribution in [3.63, 3.8) is 0 Å². The quantitative estimate of drug-likeness (QED) is 0.900. The molecule has 2 fully saturated rings. The highest BCUT2D eigenvalue weighted by atomic mass is 16.5. The van der Waals surface area contributed by atoms with E-state index in [4.69, 9.17) is 4.74 Å². The van der Waals surface area contributed by atoms with E-state index >= 15 is 0 Å². The highest BCUT2D eigenvalue weighted by Gasteiger charge is 2.40. The Morgan fingerprint density at radius 2 is 2.14 bits per heavy atom. The number of benzene rings is 1. The van der Waals surface area contributed by atoms with Crippen LogP contribution in [0, 0.1) is 13.8 Å². The minimum atomic E-state index is 0.501. The third-order valence-electron chi connectivity index (χ3n) is 5.29. The summed E-state index contributed by atoms with van der Waals surface area (Å²) in [7, 11) is 0. The lowest BCUT2D eigenvalue weighted by Gasteiger charge is -2.34. The van der Waals surface area contributed by atoms with Gasteiger partial charge in [-0.2, -0.15) is 0 Å². The van der Waals surface area contributed by atoms with Crippen molar-refractivity contribution >= 4 is 0 Å². The first kappa shape index (κ1) is 14.9. The minimum absolute atomic E-state index is 0.501. The zero-order valence-electron chi connectivity index (χ0n) is 13.8. The zero-order chi connectivity index (χ0) is 15.0. The topological polar surface area (TPSA) is 24.5 Å². The summed E-state index contributed by atoms with van der Waals surface area (Å²) in [6.45, 7) is 12.1. The molecule has 2 bridgehead atoms. The van der Waals surface area contributed by atoms with E-state index in [-0.39, 0.29) is 0 Å². The highest BCUT2D eigenvalue weighted by molar-refractivity contribution is 5.45. The normalized spacial score (nSPS) is 26.3. The highest BCUT2D eigenvalue weighted by Crippen LogP contribution is 2.36. The standard InChI is InChI=1S/C18H28N2O/c1-5-8-21-18-7-6-17(12(2)13(18)3)14(4)20-11-15-9-16(20)10-19-15/h6-7,14-16,19H,5,8-11H2,1-4H3/t14-,15+,16+/m0/s1. The lowest BCUT2D eigenvalue weighted by atomic mass is 9.96. The van der Waals surface area contributed by atoms with Gasteiger partial charge in [-0.15, -0.1) is 0 Å². The first-order valence-electron chi connectivity index (χ1n) is 8.33. The number of rotatable bonds is 5. The van der Waals surface area contributed by atoms with Gasteiger partial charge in [0.15, 0.2) is 0 Å². The van der Waals surface area contributed by atoms with Crippen LogP contribution >= 0.6 is 0 Å². The van der Waals surface area contributed by atoms with Crippen molar-refractivity contribution in [3.8, 4) is 5.75 Å². The molecule has 0 spiro atoms. The molecule has 1 aromatic rings. The maximum absolute atomic E-state index is 5.85.